The predicted octanol–water partition coefficient (Wildman–Crippen LogP) is 2.69. The summed E-state index contributed by atoms with van der Waals surface area (Å²) in [5.41, 5.74) is 0.609. The van der Waals surface area contributed by atoms with E-state index in [2.05, 4.69) is 11.0 Å². The van der Waals surface area contributed by atoms with Crippen molar-refractivity contribution in [1.82, 2.24) is 4.90 Å². The van der Waals surface area contributed by atoms with Crippen LogP contribution in [-0.2, 0) is 4.74 Å². The predicted molar refractivity (Wildman–Crippen MR) is 82.3 cm³/mol. The average Bonchev–Trinajstić information content (AvgIpc) is 2.54. The number of para-hydroxylation sites is 1. The molecule has 0 atom stereocenters. The van der Waals surface area contributed by atoms with E-state index in [9.17, 15) is 0 Å². The molecule has 1 fully saturated rings. The molecule has 1 aliphatic rings. The van der Waals surface area contributed by atoms with E-state index in [4.69, 9.17) is 14.7 Å². The van der Waals surface area contributed by atoms with Crippen molar-refractivity contribution in [3.05, 3.63) is 29.8 Å². The lowest BCUT2D eigenvalue weighted by Crippen LogP contribution is -2.36. The minimum absolute atomic E-state index is 0.609. The van der Waals surface area contributed by atoms with Gasteiger partial charge in [-0.3, -0.25) is 0 Å². The number of nitriles is 1. The molecule has 21 heavy (non-hydrogen) atoms. The number of benzene rings is 1. The summed E-state index contributed by atoms with van der Waals surface area (Å²) < 4.78 is 10.9. The van der Waals surface area contributed by atoms with E-state index in [0.717, 1.165) is 38.6 Å². The Bertz CT molecular complexity index is 462. The Morgan fingerprint density at radius 1 is 1.29 bits per heavy atom. The highest BCUT2D eigenvalue weighted by Gasteiger charge is 2.18. The Balaban J connectivity index is 1.63. The molecular formula is C17H24N2O2. The first-order valence-corrected chi connectivity index (χ1v) is 7.66. The summed E-state index contributed by atoms with van der Waals surface area (Å²) in [7, 11) is 1.78. The van der Waals surface area contributed by atoms with E-state index >= 15 is 0 Å². The molecule has 1 aromatic carbocycles. The zero-order chi connectivity index (χ0) is 14.9. The maximum Gasteiger partial charge on any atom is 0.137 e. The number of piperidine rings is 1. The van der Waals surface area contributed by atoms with E-state index in [-0.39, 0.29) is 0 Å². The molecule has 1 heterocycles. The van der Waals surface area contributed by atoms with Gasteiger partial charge in [-0.25, -0.2) is 0 Å². The summed E-state index contributed by atoms with van der Waals surface area (Å²) in [6.45, 7) is 4.93. The molecule has 0 radical (unpaired) electrons. The highest BCUT2D eigenvalue weighted by atomic mass is 16.5. The smallest absolute Gasteiger partial charge is 0.137 e. The number of methoxy groups -OCH3 is 1. The molecule has 0 N–H and O–H groups in total. The van der Waals surface area contributed by atoms with Crippen LogP contribution >= 0.6 is 0 Å². The van der Waals surface area contributed by atoms with Crippen molar-refractivity contribution in [3.8, 4) is 11.8 Å². The van der Waals surface area contributed by atoms with Crippen molar-refractivity contribution < 1.29 is 9.47 Å². The van der Waals surface area contributed by atoms with Crippen molar-refractivity contribution in [3.63, 3.8) is 0 Å². The normalized spacial score (nSPS) is 16.6. The van der Waals surface area contributed by atoms with Crippen molar-refractivity contribution in [2.75, 3.05) is 40.0 Å². The molecule has 0 aromatic heterocycles. The van der Waals surface area contributed by atoms with Gasteiger partial charge < -0.3 is 14.4 Å². The first kappa shape index (κ1) is 15.8. The third kappa shape index (κ3) is 5.04. The van der Waals surface area contributed by atoms with Crippen molar-refractivity contribution in [2.45, 2.75) is 19.3 Å². The van der Waals surface area contributed by atoms with Gasteiger partial charge >= 0.3 is 0 Å². The van der Waals surface area contributed by atoms with Crippen LogP contribution in [0, 0.1) is 17.2 Å². The van der Waals surface area contributed by atoms with Crippen LogP contribution in [0.2, 0.25) is 0 Å². The van der Waals surface area contributed by atoms with Crippen molar-refractivity contribution in [1.29, 1.82) is 5.26 Å². The molecule has 4 nitrogen and oxygen atoms in total. The maximum atomic E-state index is 9.00. The Morgan fingerprint density at radius 2 is 2.05 bits per heavy atom. The van der Waals surface area contributed by atoms with Crippen LogP contribution in [0.1, 0.15) is 24.8 Å². The Labute approximate surface area is 127 Å². The van der Waals surface area contributed by atoms with Gasteiger partial charge in [0.2, 0.25) is 0 Å². The molecular weight excluding hydrogens is 264 g/mol. The lowest BCUT2D eigenvalue weighted by molar-refractivity contribution is 0.0970. The zero-order valence-electron chi connectivity index (χ0n) is 12.8. The van der Waals surface area contributed by atoms with Gasteiger partial charge in [0.25, 0.3) is 0 Å². The number of likely N-dealkylation sites (tertiary alicyclic amines) is 1. The highest BCUT2D eigenvalue weighted by Crippen LogP contribution is 2.18. The highest BCUT2D eigenvalue weighted by molar-refractivity contribution is 5.42. The lowest BCUT2D eigenvalue weighted by atomic mass is 9.98. The monoisotopic (exact) mass is 288 g/mol. The molecule has 0 spiro atoms. The minimum atomic E-state index is 0.609. The standard InChI is InChI=1S/C17H24N2O2/c1-20-14-15-7-10-19(11-8-15)9-4-12-21-17-6-3-2-5-16(17)13-18/h2-3,5-6,15H,4,7-12,14H2,1H3. The first-order chi connectivity index (χ1) is 10.3. The maximum absolute atomic E-state index is 9.00. The minimum Gasteiger partial charge on any atom is -0.492 e. The zero-order valence-corrected chi connectivity index (χ0v) is 12.8. The van der Waals surface area contributed by atoms with E-state index < -0.39 is 0 Å². The summed E-state index contributed by atoms with van der Waals surface area (Å²) in [5.74, 6) is 1.42. The Morgan fingerprint density at radius 3 is 2.76 bits per heavy atom. The second-order valence-corrected chi connectivity index (χ2v) is 5.55. The van der Waals surface area contributed by atoms with E-state index in [1.54, 1.807) is 13.2 Å². The summed E-state index contributed by atoms with van der Waals surface area (Å²) in [4.78, 5) is 2.49. The van der Waals surface area contributed by atoms with Crippen LogP contribution in [0.25, 0.3) is 0 Å². The quantitative estimate of drug-likeness (QED) is 0.724. The van der Waals surface area contributed by atoms with Gasteiger partial charge in [0, 0.05) is 20.3 Å². The van der Waals surface area contributed by atoms with Crippen LogP contribution in [0.3, 0.4) is 0 Å². The van der Waals surface area contributed by atoms with Crippen LogP contribution in [0.4, 0.5) is 0 Å². The molecule has 1 saturated heterocycles. The fraction of sp³-hybridized carbons (Fsp3) is 0.588. The third-order valence-electron chi connectivity index (χ3n) is 3.99. The fourth-order valence-electron chi connectivity index (χ4n) is 2.77. The summed E-state index contributed by atoms with van der Waals surface area (Å²) >= 11 is 0. The van der Waals surface area contributed by atoms with Crippen molar-refractivity contribution >= 4 is 0 Å². The van der Waals surface area contributed by atoms with Gasteiger partial charge in [0.15, 0.2) is 0 Å². The van der Waals surface area contributed by atoms with E-state index in [1.807, 2.05) is 18.2 Å². The van der Waals surface area contributed by atoms with Crippen LogP contribution in [0.5, 0.6) is 5.75 Å². The van der Waals surface area contributed by atoms with Crippen molar-refractivity contribution in [2.24, 2.45) is 5.92 Å². The topological polar surface area (TPSA) is 45.5 Å². The van der Waals surface area contributed by atoms with Crippen LogP contribution in [0.15, 0.2) is 24.3 Å². The SMILES string of the molecule is COCC1CCN(CCCOc2ccccc2C#N)CC1. The van der Waals surface area contributed by atoms with E-state index in [1.165, 1.54) is 12.8 Å². The van der Waals surface area contributed by atoms with Gasteiger partial charge in [-0.2, -0.15) is 5.26 Å². The number of nitrogens with zero attached hydrogens (tertiary/aromatic N) is 2. The van der Waals surface area contributed by atoms with Crippen LogP contribution < -0.4 is 4.74 Å². The molecule has 1 aliphatic heterocycles. The molecule has 114 valence electrons. The number of hydrogen-bond donors (Lipinski definition) is 0. The summed E-state index contributed by atoms with van der Waals surface area (Å²) in [5, 5.41) is 9.00. The Kier molecular flexibility index (Phi) is 6.52. The largest absolute Gasteiger partial charge is 0.492 e. The van der Waals surface area contributed by atoms with Gasteiger partial charge in [0.1, 0.15) is 11.8 Å². The second kappa shape index (κ2) is 8.66. The molecule has 2 rings (SSSR count). The first-order valence-electron chi connectivity index (χ1n) is 7.66. The average molecular weight is 288 g/mol. The Hall–Kier alpha value is -1.57. The fourth-order valence-corrected chi connectivity index (χ4v) is 2.77. The molecule has 0 saturated carbocycles. The number of ether oxygens (including phenoxy) is 2. The van der Waals surface area contributed by atoms with Gasteiger partial charge in [0.05, 0.1) is 12.2 Å². The molecule has 0 amide bonds. The third-order valence-corrected chi connectivity index (χ3v) is 3.99. The summed E-state index contributed by atoms with van der Waals surface area (Å²) in [6, 6.07) is 9.56. The summed E-state index contributed by atoms with van der Waals surface area (Å²) in [6.07, 6.45) is 3.45. The molecule has 1 aromatic rings. The molecule has 0 aliphatic carbocycles. The number of rotatable bonds is 7. The molecule has 0 unspecified atom stereocenters. The molecule has 4 heteroatoms. The van der Waals surface area contributed by atoms with Crippen LogP contribution in [-0.4, -0.2) is 44.9 Å². The lowest BCUT2D eigenvalue weighted by Gasteiger charge is -2.31. The number of hydrogen-bond acceptors (Lipinski definition) is 4. The molecule has 0 bridgehead atoms. The van der Waals surface area contributed by atoms with Gasteiger partial charge in [-0.05, 0) is 50.4 Å². The van der Waals surface area contributed by atoms with E-state index in [0.29, 0.717) is 17.9 Å². The van der Waals surface area contributed by atoms with Gasteiger partial charge in [-0.1, -0.05) is 12.1 Å². The van der Waals surface area contributed by atoms with Gasteiger partial charge in [-0.15, -0.1) is 0 Å². The second-order valence-electron chi connectivity index (χ2n) is 5.55.